The van der Waals surface area contributed by atoms with Crippen molar-refractivity contribution in [1.29, 1.82) is 0 Å². The van der Waals surface area contributed by atoms with Gasteiger partial charge in [-0.3, -0.25) is 0 Å². The van der Waals surface area contributed by atoms with Crippen molar-refractivity contribution in [2.75, 3.05) is 25.9 Å². The highest BCUT2D eigenvalue weighted by Crippen LogP contribution is 2.29. The molecule has 0 aromatic heterocycles. The predicted molar refractivity (Wildman–Crippen MR) is 82.4 cm³/mol. The molecule has 106 valence electrons. The van der Waals surface area contributed by atoms with Gasteiger partial charge in [-0.05, 0) is 64.3 Å². The lowest BCUT2D eigenvalue weighted by molar-refractivity contribution is 0.152. The van der Waals surface area contributed by atoms with Gasteiger partial charge in [0, 0.05) is 23.9 Å². The molecule has 1 heterocycles. The van der Waals surface area contributed by atoms with Crippen molar-refractivity contribution in [3.05, 3.63) is 0 Å². The summed E-state index contributed by atoms with van der Waals surface area (Å²) in [4.78, 5) is 2.62. The van der Waals surface area contributed by atoms with Crippen LogP contribution in [0.25, 0.3) is 0 Å². The minimum absolute atomic E-state index is 0.699. The van der Waals surface area contributed by atoms with Crippen molar-refractivity contribution in [2.24, 2.45) is 5.92 Å². The van der Waals surface area contributed by atoms with Gasteiger partial charge in [0.15, 0.2) is 0 Å². The van der Waals surface area contributed by atoms with Gasteiger partial charge in [0.25, 0.3) is 0 Å². The number of rotatable bonds is 5. The third kappa shape index (κ3) is 3.88. The van der Waals surface area contributed by atoms with Crippen molar-refractivity contribution in [3.8, 4) is 0 Å². The molecule has 3 heteroatoms. The Labute approximate surface area is 117 Å². The van der Waals surface area contributed by atoms with Crippen molar-refractivity contribution < 1.29 is 0 Å². The van der Waals surface area contributed by atoms with E-state index in [2.05, 4.69) is 42.1 Å². The molecule has 0 radical (unpaired) electrons. The fourth-order valence-corrected chi connectivity index (χ4v) is 4.40. The maximum atomic E-state index is 3.92. The predicted octanol–water partition coefficient (Wildman–Crippen LogP) is 2.98. The van der Waals surface area contributed by atoms with Crippen LogP contribution < -0.4 is 5.32 Å². The normalized spacial score (nSPS) is 35.8. The van der Waals surface area contributed by atoms with Crippen LogP contribution in [0.4, 0.5) is 0 Å². The topological polar surface area (TPSA) is 15.3 Å². The molecule has 1 saturated carbocycles. The highest BCUT2D eigenvalue weighted by Gasteiger charge is 2.29. The van der Waals surface area contributed by atoms with Gasteiger partial charge >= 0.3 is 0 Å². The number of hydrogen-bond donors (Lipinski definition) is 1. The molecule has 2 aliphatic rings. The van der Waals surface area contributed by atoms with Gasteiger partial charge in [0.2, 0.25) is 0 Å². The summed E-state index contributed by atoms with van der Waals surface area (Å²) < 4.78 is 0. The van der Waals surface area contributed by atoms with Gasteiger partial charge in [0.1, 0.15) is 0 Å². The van der Waals surface area contributed by atoms with E-state index in [9.17, 15) is 0 Å². The molecular weight excluding hydrogens is 240 g/mol. The maximum Gasteiger partial charge on any atom is 0.00818 e. The Balaban J connectivity index is 1.75. The average molecular weight is 270 g/mol. The molecule has 2 rings (SSSR count). The molecule has 0 aromatic carbocycles. The minimum Gasteiger partial charge on any atom is -0.311 e. The zero-order valence-electron chi connectivity index (χ0n) is 12.3. The van der Waals surface area contributed by atoms with Crippen molar-refractivity contribution in [2.45, 2.75) is 63.3 Å². The molecule has 4 unspecified atom stereocenters. The number of nitrogens with one attached hydrogen (secondary N) is 1. The van der Waals surface area contributed by atoms with E-state index in [1.165, 1.54) is 51.7 Å². The Morgan fingerprint density at radius 2 is 2.17 bits per heavy atom. The van der Waals surface area contributed by atoms with Crippen LogP contribution in [-0.2, 0) is 0 Å². The van der Waals surface area contributed by atoms with E-state index in [1.54, 1.807) is 0 Å². The van der Waals surface area contributed by atoms with E-state index >= 15 is 0 Å². The summed E-state index contributed by atoms with van der Waals surface area (Å²) in [5.41, 5.74) is 0. The highest BCUT2D eigenvalue weighted by molar-refractivity contribution is 7.99. The number of hydrogen-bond acceptors (Lipinski definition) is 3. The maximum absolute atomic E-state index is 3.92. The summed E-state index contributed by atoms with van der Waals surface area (Å²) in [6.07, 6.45) is 9.26. The largest absolute Gasteiger partial charge is 0.311 e. The molecule has 4 atom stereocenters. The number of thioether (sulfide) groups is 1. The summed E-state index contributed by atoms with van der Waals surface area (Å²) in [6.45, 7) is 8.55. The summed E-state index contributed by atoms with van der Waals surface area (Å²) in [6, 6.07) is 1.49. The third-order valence-corrected chi connectivity index (χ3v) is 6.01. The van der Waals surface area contributed by atoms with Gasteiger partial charge in [-0.15, -0.1) is 0 Å². The number of likely N-dealkylation sites (tertiary alicyclic amines) is 1. The van der Waals surface area contributed by atoms with E-state index in [4.69, 9.17) is 0 Å². The van der Waals surface area contributed by atoms with Gasteiger partial charge in [-0.25, -0.2) is 0 Å². The van der Waals surface area contributed by atoms with Crippen molar-refractivity contribution >= 4 is 11.8 Å². The monoisotopic (exact) mass is 270 g/mol. The molecule has 2 nitrogen and oxygen atoms in total. The first-order chi connectivity index (χ1) is 8.72. The highest BCUT2D eigenvalue weighted by atomic mass is 32.2. The molecule has 0 bridgehead atoms. The second kappa shape index (κ2) is 7.16. The lowest BCUT2D eigenvalue weighted by Gasteiger charge is -2.36. The van der Waals surface area contributed by atoms with Crippen LogP contribution in [0.1, 0.15) is 46.0 Å². The number of nitrogens with zero attached hydrogens (tertiary/aromatic N) is 1. The first-order valence-corrected chi connectivity index (χ1v) is 9.03. The molecule has 1 aliphatic heterocycles. The first kappa shape index (κ1) is 14.7. The molecule has 0 amide bonds. The smallest absolute Gasteiger partial charge is 0.00818 e. The van der Waals surface area contributed by atoms with Gasteiger partial charge in [-0.2, -0.15) is 11.8 Å². The Hall–Kier alpha value is 0.270. The molecule has 1 aliphatic carbocycles. The van der Waals surface area contributed by atoms with E-state index < -0.39 is 0 Å². The van der Waals surface area contributed by atoms with Crippen LogP contribution in [0.3, 0.4) is 0 Å². The fraction of sp³-hybridized carbons (Fsp3) is 1.00. The van der Waals surface area contributed by atoms with Crippen LogP contribution in [0, 0.1) is 5.92 Å². The van der Waals surface area contributed by atoms with E-state index in [1.807, 2.05) is 0 Å². The number of piperidine rings is 1. The molecule has 18 heavy (non-hydrogen) atoms. The Bertz CT molecular complexity index is 247. The standard InChI is InChI=1S/C15H30N2S/c1-4-17-9-5-6-13(11-17)12(2)16-14-7-8-15(10-14)18-3/h12-16H,4-11H2,1-3H3. The Morgan fingerprint density at radius 3 is 2.83 bits per heavy atom. The zero-order valence-corrected chi connectivity index (χ0v) is 13.1. The minimum atomic E-state index is 0.699. The molecule has 1 N–H and O–H groups in total. The second-order valence-corrected chi connectivity index (χ2v) is 7.26. The van der Waals surface area contributed by atoms with Gasteiger partial charge in [0.05, 0.1) is 0 Å². The van der Waals surface area contributed by atoms with Crippen LogP contribution in [0.2, 0.25) is 0 Å². The average Bonchev–Trinajstić information content (AvgIpc) is 2.86. The zero-order chi connectivity index (χ0) is 13.0. The Morgan fingerprint density at radius 1 is 1.33 bits per heavy atom. The lowest BCUT2D eigenvalue weighted by atomic mass is 9.91. The lowest BCUT2D eigenvalue weighted by Crippen LogP contribution is -2.47. The van der Waals surface area contributed by atoms with Crippen LogP contribution in [0.15, 0.2) is 0 Å². The molecule has 0 spiro atoms. The summed E-state index contributed by atoms with van der Waals surface area (Å²) in [7, 11) is 0. The van der Waals surface area contributed by atoms with Gasteiger partial charge in [-0.1, -0.05) is 6.92 Å². The van der Waals surface area contributed by atoms with Crippen molar-refractivity contribution in [1.82, 2.24) is 10.2 Å². The summed E-state index contributed by atoms with van der Waals surface area (Å²) in [5.74, 6) is 0.868. The van der Waals surface area contributed by atoms with E-state index in [-0.39, 0.29) is 0 Å². The van der Waals surface area contributed by atoms with Crippen LogP contribution in [0.5, 0.6) is 0 Å². The van der Waals surface area contributed by atoms with E-state index in [0.29, 0.717) is 6.04 Å². The Kier molecular flexibility index (Phi) is 5.84. The van der Waals surface area contributed by atoms with Crippen LogP contribution >= 0.6 is 11.8 Å². The first-order valence-electron chi connectivity index (χ1n) is 7.74. The van der Waals surface area contributed by atoms with Crippen LogP contribution in [-0.4, -0.2) is 48.1 Å². The molecule has 1 saturated heterocycles. The summed E-state index contributed by atoms with van der Waals surface area (Å²) >= 11 is 2.05. The molecule has 2 fully saturated rings. The summed E-state index contributed by atoms with van der Waals surface area (Å²) in [5, 5.41) is 4.83. The van der Waals surface area contributed by atoms with E-state index in [0.717, 1.165) is 17.2 Å². The third-order valence-electron chi connectivity index (χ3n) is 4.91. The van der Waals surface area contributed by atoms with Crippen molar-refractivity contribution in [3.63, 3.8) is 0 Å². The second-order valence-electron chi connectivity index (χ2n) is 6.12. The quantitative estimate of drug-likeness (QED) is 0.827. The van der Waals surface area contributed by atoms with Gasteiger partial charge < -0.3 is 10.2 Å². The fourth-order valence-electron chi connectivity index (χ4n) is 3.60. The molecular formula is C15H30N2S. The molecule has 0 aromatic rings. The SMILES string of the molecule is CCN1CCCC(C(C)NC2CCC(SC)C2)C1.